The summed E-state index contributed by atoms with van der Waals surface area (Å²) in [5.41, 5.74) is 4.37. The molecule has 0 saturated carbocycles. The number of aromatic nitrogens is 3. The summed E-state index contributed by atoms with van der Waals surface area (Å²) in [7, 11) is 0. The van der Waals surface area contributed by atoms with Gasteiger partial charge in [-0.05, 0) is 72.7 Å². The number of hydrogen-bond acceptors (Lipinski definition) is 4. The van der Waals surface area contributed by atoms with Gasteiger partial charge in [0.05, 0.1) is 5.69 Å². The second-order valence-corrected chi connectivity index (χ2v) is 7.04. The lowest BCUT2D eigenvalue weighted by molar-refractivity contribution is 0.0977. The van der Waals surface area contributed by atoms with Crippen molar-refractivity contribution >= 4 is 40.0 Å². The molecule has 1 heterocycles. The average Bonchev–Trinajstić information content (AvgIpc) is 3.17. The second-order valence-electron chi connectivity index (χ2n) is 6.63. The molecule has 1 aromatic heterocycles. The number of benzene rings is 3. The van der Waals surface area contributed by atoms with E-state index >= 15 is 0 Å². The van der Waals surface area contributed by atoms with Crippen molar-refractivity contribution < 1.29 is 9.18 Å². The van der Waals surface area contributed by atoms with E-state index in [0.29, 0.717) is 11.2 Å². The van der Waals surface area contributed by atoms with E-state index in [1.807, 2.05) is 18.2 Å². The highest BCUT2D eigenvalue weighted by molar-refractivity contribution is 7.80. The Balaban J connectivity index is 1.47. The molecule has 2 N–H and O–H groups in total. The first-order valence-electron chi connectivity index (χ1n) is 9.36. The van der Waals surface area contributed by atoms with Gasteiger partial charge in [0.25, 0.3) is 5.91 Å². The summed E-state index contributed by atoms with van der Waals surface area (Å²) >= 11 is 5.20. The molecule has 30 heavy (non-hydrogen) atoms. The molecule has 8 heteroatoms. The van der Waals surface area contributed by atoms with Crippen molar-refractivity contribution in [3.8, 4) is 5.69 Å². The zero-order valence-electron chi connectivity index (χ0n) is 16.1. The zero-order chi connectivity index (χ0) is 21.1. The first kappa shape index (κ1) is 19.7. The van der Waals surface area contributed by atoms with Gasteiger partial charge in [0.2, 0.25) is 0 Å². The molecule has 0 aliphatic heterocycles. The molecular formula is C22H18FN5OS. The van der Waals surface area contributed by atoms with Crippen molar-refractivity contribution in [2.45, 2.75) is 13.3 Å². The van der Waals surface area contributed by atoms with E-state index in [1.54, 1.807) is 16.9 Å². The number of carbonyl (C=O) groups excluding carboxylic acids is 1. The van der Waals surface area contributed by atoms with Gasteiger partial charge in [0, 0.05) is 11.3 Å². The minimum absolute atomic E-state index is 0.103. The summed E-state index contributed by atoms with van der Waals surface area (Å²) < 4.78 is 13.3. The molecule has 0 bridgehead atoms. The number of nitrogens with one attached hydrogen (secondary N) is 2. The van der Waals surface area contributed by atoms with Gasteiger partial charge in [-0.25, -0.2) is 4.39 Å². The number of amides is 1. The van der Waals surface area contributed by atoms with E-state index in [4.69, 9.17) is 12.2 Å². The van der Waals surface area contributed by atoms with E-state index in [-0.39, 0.29) is 10.7 Å². The number of anilines is 1. The number of thiocarbonyl (C=S) groups is 1. The predicted molar refractivity (Wildman–Crippen MR) is 118 cm³/mol. The number of hydrogen-bond donors (Lipinski definition) is 2. The molecule has 0 fully saturated rings. The molecule has 0 saturated heterocycles. The van der Waals surface area contributed by atoms with Gasteiger partial charge in [-0.2, -0.15) is 4.80 Å². The molecule has 150 valence electrons. The summed E-state index contributed by atoms with van der Waals surface area (Å²) in [5.74, 6) is -0.978. The molecule has 6 nitrogen and oxygen atoms in total. The van der Waals surface area contributed by atoms with Crippen molar-refractivity contribution in [3.05, 3.63) is 83.7 Å². The van der Waals surface area contributed by atoms with Gasteiger partial charge in [-0.15, -0.1) is 10.2 Å². The number of aryl methyl sites for hydroxylation is 1. The molecule has 3 aromatic carbocycles. The lowest BCUT2D eigenvalue weighted by Crippen LogP contribution is -2.34. The van der Waals surface area contributed by atoms with Gasteiger partial charge in [0.15, 0.2) is 5.11 Å². The van der Waals surface area contributed by atoms with Crippen LogP contribution in [-0.2, 0) is 6.42 Å². The van der Waals surface area contributed by atoms with E-state index in [2.05, 4.69) is 39.9 Å². The van der Waals surface area contributed by atoms with Crippen LogP contribution >= 0.6 is 12.2 Å². The van der Waals surface area contributed by atoms with Gasteiger partial charge in [0.1, 0.15) is 16.9 Å². The molecule has 0 aliphatic carbocycles. The molecule has 0 radical (unpaired) electrons. The SMILES string of the molecule is CCc1ccc(-n2nc3ccc(NC(=S)NC(=O)c4cccc(F)c4)cc3n2)cc1. The smallest absolute Gasteiger partial charge is 0.257 e. The Morgan fingerprint density at radius 3 is 2.53 bits per heavy atom. The highest BCUT2D eigenvalue weighted by Gasteiger charge is 2.10. The Morgan fingerprint density at radius 2 is 1.80 bits per heavy atom. The van der Waals surface area contributed by atoms with Crippen LogP contribution in [0.5, 0.6) is 0 Å². The predicted octanol–water partition coefficient (Wildman–Crippen LogP) is 4.25. The van der Waals surface area contributed by atoms with Crippen LogP contribution in [-0.4, -0.2) is 26.0 Å². The maximum Gasteiger partial charge on any atom is 0.257 e. The monoisotopic (exact) mass is 419 g/mol. The Labute approximate surface area is 177 Å². The van der Waals surface area contributed by atoms with Gasteiger partial charge >= 0.3 is 0 Å². The molecule has 4 aromatic rings. The number of carbonyl (C=O) groups is 1. The average molecular weight is 419 g/mol. The molecule has 0 atom stereocenters. The number of halogens is 1. The van der Waals surface area contributed by atoms with Crippen molar-refractivity contribution in [2.24, 2.45) is 0 Å². The summed E-state index contributed by atoms with van der Waals surface area (Å²) in [6, 6.07) is 18.9. The van der Waals surface area contributed by atoms with Gasteiger partial charge in [-0.1, -0.05) is 25.1 Å². The molecule has 1 amide bonds. The Bertz CT molecular complexity index is 1240. The highest BCUT2D eigenvalue weighted by Crippen LogP contribution is 2.18. The summed E-state index contributed by atoms with van der Waals surface area (Å²) in [6.07, 6.45) is 0.972. The van der Waals surface area contributed by atoms with Gasteiger partial charge in [-0.3, -0.25) is 10.1 Å². The van der Waals surface area contributed by atoms with Crippen LogP contribution in [0.15, 0.2) is 66.7 Å². The van der Waals surface area contributed by atoms with Crippen LogP contribution in [0.1, 0.15) is 22.8 Å². The van der Waals surface area contributed by atoms with Crippen LogP contribution < -0.4 is 10.6 Å². The quantitative estimate of drug-likeness (QED) is 0.484. The van der Waals surface area contributed by atoms with Crippen molar-refractivity contribution in [1.82, 2.24) is 20.3 Å². The van der Waals surface area contributed by atoms with Gasteiger partial charge < -0.3 is 5.32 Å². The molecular weight excluding hydrogens is 401 g/mol. The molecule has 0 aliphatic rings. The Kier molecular flexibility index (Phi) is 5.49. The first-order valence-corrected chi connectivity index (χ1v) is 9.77. The van der Waals surface area contributed by atoms with Crippen LogP contribution in [0, 0.1) is 5.82 Å². The molecule has 0 spiro atoms. The van der Waals surface area contributed by atoms with E-state index in [0.717, 1.165) is 23.7 Å². The van der Waals surface area contributed by atoms with Crippen LogP contribution in [0.4, 0.5) is 10.1 Å². The zero-order valence-corrected chi connectivity index (χ0v) is 16.9. The Hall–Kier alpha value is -3.65. The minimum atomic E-state index is -0.491. The lowest BCUT2D eigenvalue weighted by atomic mass is 10.2. The summed E-state index contributed by atoms with van der Waals surface area (Å²) in [6.45, 7) is 2.11. The van der Waals surface area contributed by atoms with Crippen LogP contribution in [0.3, 0.4) is 0 Å². The topological polar surface area (TPSA) is 71.8 Å². The minimum Gasteiger partial charge on any atom is -0.332 e. The third-order valence-corrected chi connectivity index (χ3v) is 4.73. The second kappa shape index (κ2) is 8.38. The van der Waals surface area contributed by atoms with Crippen LogP contribution in [0.2, 0.25) is 0 Å². The largest absolute Gasteiger partial charge is 0.332 e. The number of rotatable bonds is 4. The third kappa shape index (κ3) is 4.33. The summed E-state index contributed by atoms with van der Waals surface area (Å²) in [4.78, 5) is 13.8. The Morgan fingerprint density at radius 1 is 1.03 bits per heavy atom. The molecule has 0 unspecified atom stereocenters. The maximum atomic E-state index is 13.3. The fourth-order valence-electron chi connectivity index (χ4n) is 2.94. The highest BCUT2D eigenvalue weighted by atomic mass is 32.1. The van der Waals surface area contributed by atoms with Crippen molar-refractivity contribution in [1.29, 1.82) is 0 Å². The number of nitrogens with zero attached hydrogens (tertiary/aromatic N) is 3. The fraction of sp³-hybridized carbons (Fsp3) is 0.0909. The number of fused-ring (bicyclic) bond motifs is 1. The maximum absolute atomic E-state index is 13.3. The standard InChI is InChI=1S/C22H18FN5OS/c1-2-14-6-9-18(10-7-14)28-26-19-11-8-17(13-20(19)27-28)24-22(30)25-21(29)15-4-3-5-16(23)12-15/h3-13H,2H2,1H3,(H2,24,25,29,30). The normalized spacial score (nSPS) is 10.7. The summed E-state index contributed by atoms with van der Waals surface area (Å²) in [5, 5.41) is 14.6. The fourth-order valence-corrected chi connectivity index (χ4v) is 3.15. The van der Waals surface area contributed by atoms with Crippen molar-refractivity contribution in [2.75, 3.05) is 5.32 Å². The molecule has 4 rings (SSSR count). The third-order valence-electron chi connectivity index (χ3n) is 4.53. The van der Waals surface area contributed by atoms with E-state index < -0.39 is 11.7 Å². The lowest BCUT2D eigenvalue weighted by Gasteiger charge is -2.09. The van der Waals surface area contributed by atoms with Crippen molar-refractivity contribution in [3.63, 3.8) is 0 Å². The van der Waals surface area contributed by atoms with Crippen LogP contribution in [0.25, 0.3) is 16.7 Å². The first-order chi connectivity index (χ1) is 14.5. The van der Waals surface area contributed by atoms with E-state index in [9.17, 15) is 9.18 Å². The van der Waals surface area contributed by atoms with E-state index in [1.165, 1.54) is 23.8 Å².